The molecular formula is C28H28FN5O3S2. The summed E-state index contributed by atoms with van der Waals surface area (Å²) in [6, 6.07) is 8.65. The highest BCUT2D eigenvalue weighted by molar-refractivity contribution is 7.94. The summed E-state index contributed by atoms with van der Waals surface area (Å²) in [5.41, 5.74) is 5.81. The zero-order valence-corrected chi connectivity index (χ0v) is 23.9. The number of halogens is 1. The van der Waals surface area contributed by atoms with E-state index in [9.17, 15) is 8.42 Å². The smallest absolute Gasteiger partial charge is 0.273 e. The summed E-state index contributed by atoms with van der Waals surface area (Å²) in [6.07, 6.45) is 2.25. The van der Waals surface area contributed by atoms with E-state index in [0.29, 0.717) is 29.3 Å². The molecule has 0 spiro atoms. The number of benzene rings is 1. The molecule has 202 valence electrons. The normalized spacial score (nSPS) is 13.9. The molecule has 1 saturated carbocycles. The van der Waals surface area contributed by atoms with E-state index in [-0.39, 0.29) is 15.6 Å². The fraction of sp³-hybridized carbons (Fsp3) is 0.321. The van der Waals surface area contributed by atoms with Gasteiger partial charge in [0.2, 0.25) is 0 Å². The molecule has 1 aliphatic rings. The number of aromatic nitrogens is 4. The Hall–Kier alpha value is -3.57. The second-order valence-corrected chi connectivity index (χ2v) is 13.4. The predicted molar refractivity (Wildman–Crippen MR) is 149 cm³/mol. The molecule has 1 aromatic carbocycles. The summed E-state index contributed by atoms with van der Waals surface area (Å²) in [5, 5.41) is 9.81. The van der Waals surface area contributed by atoms with Crippen LogP contribution < -0.4 is 4.72 Å². The van der Waals surface area contributed by atoms with Gasteiger partial charge in [0.15, 0.2) is 5.82 Å². The first-order valence-corrected chi connectivity index (χ1v) is 15.0. The minimum atomic E-state index is -4.03. The largest absolute Gasteiger partial charge is 0.359 e. The first-order chi connectivity index (χ1) is 18.5. The maximum atomic E-state index is 15.6. The van der Waals surface area contributed by atoms with Gasteiger partial charge in [-0.25, -0.2) is 12.8 Å². The van der Waals surface area contributed by atoms with Crippen LogP contribution >= 0.6 is 11.3 Å². The molecule has 1 N–H and O–H groups in total. The van der Waals surface area contributed by atoms with Gasteiger partial charge in [-0.3, -0.25) is 14.4 Å². The van der Waals surface area contributed by atoms with Crippen LogP contribution in [0.5, 0.6) is 0 Å². The molecular weight excluding hydrogens is 537 g/mol. The summed E-state index contributed by atoms with van der Waals surface area (Å²) in [6.45, 7) is 9.58. The minimum absolute atomic E-state index is 0.0253. The SMILES string of the molecule is Cc1cc2c(c(C)n1)c(C1CC1)nn2Cc1ccc(-c2cc(C)sc2S(=O)(=O)Nc2noc(C)c2C)c(F)c1. The third-order valence-corrected chi connectivity index (χ3v) is 10.1. The van der Waals surface area contributed by atoms with Crippen LogP contribution in [0.1, 0.15) is 57.6 Å². The highest BCUT2D eigenvalue weighted by Gasteiger charge is 2.30. The van der Waals surface area contributed by atoms with E-state index in [1.54, 1.807) is 32.9 Å². The lowest BCUT2D eigenvalue weighted by atomic mass is 10.1. The van der Waals surface area contributed by atoms with E-state index >= 15 is 4.39 Å². The first kappa shape index (κ1) is 25.7. The molecule has 4 heterocycles. The number of hydrogen-bond acceptors (Lipinski definition) is 7. The molecule has 1 fully saturated rings. The van der Waals surface area contributed by atoms with Crippen molar-refractivity contribution in [3.05, 3.63) is 75.0 Å². The number of anilines is 1. The van der Waals surface area contributed by atoms with Crippen LogP contribution in [0.25, 0.3) is 22.0 Å². The summed E-state index contributed by atoms with van der Waals surface area (Å²) in [7, 11) is -4.03. The highest BCUT2D eigenvalue weighted by atomic mass is 32.2. The van der Waals surface area contributed by atoms with Gasteiger partial charge in [0.25, 0.3) is 10.0 Å². The Bertz CT molecular complexity index is 1870. The topological polar surface area (TPSA) is 103 Å². The summed E-state index contributed by atoms with van der Waals surface area (Å²) < 4.78 is 51.8. The van der Waals surface area contributed by atoms with Crippen LogP contribution in [-0.2, 0) is 16.6 Å². The lowest BCUT2D eigenvalue weighted by molar-refractivity contribution is 0.399. The number of aryl methyl sites for hydroxylation is 4. The van der Waals surface area contributed by atoms with Gasteiger partial charge in [-0.1, -0.05) is 17.3 Å². The van der Waals surface area contributed by atoms with Crippen LogP contribution in [0.2, 0.25) is 0 Å². The Kier molecular flexibility index (Phi) is 6.11. The molecule has 8 nitrogen and oxygen atoms in total. The van der Waals surface area contributed by atoms with Gasteiger partial charge in [-0.15, -0.1) is 11.3 Å². The summed E-state index contributed by atoms with van der Waals surface area (Å²) in [4.78, 5) is 5.39. The molecule has 1 aliphatic carbocycles. The number of hydrogen-bond donors (Lipinski definition) is 1. The van der Waals surface area contributed by atoms with E-state index < -0.39 is 15.8 Å². The lowest BCUT2D eigenvalue weighted by Crippen LogP contribution is -2.13. The van der Waals surface area contributed by atoms with Crippen molar-refractivity contribution in [3.63, 3.8) is 0 Å². The van der Waals surface area contributed by atoms with Crippen molar-refractivity contribution < 1.29 is 17.3 Å². The Labute approximate surface area is 229 Å². The number of fused-ring (bicyclic) bond motifs is 1. The van der Waals surface area contributed by atoms with Crippen LogP contribution in [-0.4, -0.2) is 28.3 Å². The first-order valence-electron chi connectivity index (χ1n) is 12.7. The predicted octanol–water partition coefficient (Wildman–Crippen LogP) is 6.56. The summed E-state index contributed by atoms with van der Waals surface area (Å²) in [5.74, 6) is 0.602. The van der Waals surface area contributed by atoms with Crippen LogP contribution in [0, 0.1) is 40.4 Å². The molecule has 0 saturated heterocycles. The molecule has 11 heteroatoms. The fourth-order valence-corrected chi connectivity index (χ4v) is 7.64. The molecule has 0 aliphatic heterocycles. The molecule has 0 unspecified atom stereocenters. The molecule has 0 radical (unpaired) electrons. The molecule has 0 bridgehead atoms. The Morgan fingerprint density at radius 2 is 1.87 bits per heavy atom. The van der Waals surface area contributed by atoms with E-state index in [0.717, 1.165) is 62.6 Å². The van der Waals surface area contributed by atoms with Crippen molar-refractivity contribution in [1.29, 1.82) is 0 Å². The average Bonchev–Trinajstić information content (AvgIpc) is 3.45. The van der Waals surface area contributed by atoms with Crippen LogP contribution in [0.15, 0.2) is 39.1 Å². The molecule has 4 aromatic heterocycles. The third-order valence-electron chi connectivity index (χ3n) is 7.14. The third kappa shape index (κ3) is 4.63. The molecule has 0 atom stereocenters. The maximum Gasteiger partial charge on any atom is 0.273 e. The van der Waals surface area contributed by atoms with Crippen molar-refractivity contribution >= 4 is 38.1 Å². The molecule has 5 aromatic rings. The highest BCUT2D eigenvalue weighted by Crippen LogP contribution is 2.43. The number of sulfonamides is 1. The monoisotopic (exact) mass is 565 g/mol. The number of nitrogens with zero attached hydrogens (tertiary/aromatic N) is 4. The minimum Gasteiger partial charge on any atom is -0.359 e. The van der Waals surface area contributed by atoms with Gasteiger partial charge in [-0.2, -0.15) is 5.10 Å². The maximum absolute atomic E-state index is 15.6. The van der Waals surface area contributed by atoms with Crippen LogP contribution in [0.3, 0.4) is 0 Å². The standard InChI is InChI=1S/C28H28FN5O3S2/c1-14-10-24-25(17(4)30-14)26(20-7-8-20)31-34(24)13-19-6-9-21(23(29)12-19)22-11-15(2)38-28(22)39(35,36)33-27-16(3)18(5)37-32-27/h6,9-12,20H,7-8,13H2,1-5H3,(H,32,33). The lowest BCUT2D eigenvalue weighted by Gasteiger charge is -2.10. The second kappa shape index (κ2) is 9.27. The molecule has 39 heavy (non-hydrogen) atoms. The van der Waals surface area contributed by atoms with Crippen molar-refractivity contribution in [1.82, 2.24) is 19.9 Å². The van der Waals surface area contributed by atoms with E-state index in [2.05, 4.69) is 14.9 Å². The summed E-state index contributed by atoms with van der Waals surface area (Å²) >= 11 is 1.08. The van der Waals surface area contributed by atoms with Crippen molar-refractivity contribution in [2.45, 2.75) is 64.1 Å². The van der Waals surface area contributed by atoms with Crippen LogP contribution in [0.4, 0.5) is 10.2 Å². The second-order valence-electron chi connectivity index (χ2n) is 10.3. The quantitative estimate of drug-likeness (QED) is 0.240. The fourth-order valence-electron chi connectivity index (χ4n) is 4.94. The number of thiophene rings is 1. The number of rotatable bonds is 7. The van der Waals surface area contributed by atoms with Crippen molar-refractivity contribution in [3.8, 4) is 11.1 Å². The van der Waals surface area contributed by atoms with E-state index in [1.165, 1.54) is 6.07 Å². The van der Waals surface area contributed by atoms with Crippen molar-refractivity contribution in [2.24, 2.45) is 0 Å². The molecule has 0 amide bonds. The van der Waals surface area contributed by atoms with Gasteiger partial charge in [0, 0.05) is 44.3 Å². The average molecular weight is 566 g/mol. The Morgan fingerprint density at radius 1 is 1.10 bits per heavy atom. The van der Waals surface area contributed by atoms with Gasteiger partial charge >= 0.3 is 0 Å². The van der Waals surface area contributed by atoms with E-state index in [1.807, 2.05) is 30.7 Å². The zero-order chi connectivity index (χ0) is 27.6. The zero-order valence-electron chi connectivity index (χ0n) is 22.3. The number of pyridine rings is 1. The van der Waals surface area contributed by atoms with E-state index in [4.69, 9.17) is 9.62 Å². The number of nitrogens with one attached hydrogen (secondary N) is 1. The van der Waals surface area contributed by atoms with Gasteiger partial charge in [0.05, 0.1) is 17.8 Å². The van der Waals surface area contributed by atoms with Gasteiger partial charge in [-0.05, 0) is 71.2 Å². The van der Waals surface area contributed by atoms with Crippen molar-refractivity contribution in [2.75, 3.05) is 4.72 Å². The Balaban J connectivity index is 1.35. The Morgan fingerprint density at radius 3 is 2.54 bits per heavy atom. The molecule has 6 rings (SSSR count). The van der Waals surface area contributed by atoms with Gasteiger partial charge in [0.1, 0.15) is 15.8 Å². The van der Waals surface area contributed by atoms with Gasteiger partial charge < -0.3 is 4.52 Å².